The molecule has 0 bridgehead atoms. The smallest absolute Gasteiger partial charge is 0.249 e. The molecule has 1 saturated carbocycles. The average molecular weight is 295 g/mol. The van der Waals surface area contributed by atoms with E-state index in [0.717, 1.165) is 19.3 Å². The fraction of sp³-hybridized carbons (Fsp3) is 0.923. The van der Waals surface area contributed by atoms with Crippen LogP contribution in [-0.4, -0.2) is 44.4 Å². The van der Waals surface area contributed by atoms with Crippen molar-refractivity contribution in [1.82, 2.24) is 5.32 Å². The van der Waals surface area contributed by atoms with Crippen LogP contribution in [0.25, 0.3) is 0 Å². The van der Waals surface area contributed by atoms with Crippen molar-refractivity contribution >= 4 is 18.3 Å². The molecule has 3 atom stereocenters. The normalized spacial score (nSPS) is 23.7. The lowest BCUT2D eigenvalue weighted by molar-refractivity contribution is -0.133. The molecule has 0 aromatic carbocycles. The van der Waals surface area contributed by atoms with Crippen molar-refractivity contribution in [2.75, 3.05) is 26.4 Å². The van der Waals surface area contributed by atoms with E-state index < -0.39 is 6.10 Å². The van der Waals surface area contributed by atoms with Crippen LogP contribution in [0.5, 0.6) is 0 Å². The van der Waals surface area contributed by atoms with E-state index >= 15 is 0 Å². The lowest BCUT2D eigenvalue weighted by atomic mass is 10.0. The van der Waals surface area contributed by atoms with Crippen molar-refractivity contribution in [1.29, 1.82) is 0 Å². The third kappa shape index (κ3) is 6.56. The Morgan fingerprint density at radius 1 is 1.42 bits per heavy atom. The molecule has 1 fully saturated rings. The minimum absolute atomic E-state index is 0. The summed E-state index contributed by atoms with van der Waals surface area (Å²) in [5.41, 5.74) is 5.69. The third-order valence-electron chi connectivity index (χ3n) is 3.46. The van der Waals surface area contributed by atoms with Gasteiger partial charge in [-0.25, -0.2) is 0 Å². The molecule has 1 aliphatic carbocycles. The summed E-state index contributed by atoms with van der Waals surface area (Å²) in [4.78, 5) is 11.9. The number of carbonyl (C=O) groups excluding carboxylic acids is 1. The number of carbonyl (C=O) groups is 1. The molecule has 0 spiro atoms. The topological polar surface area (TPSA) is 73.6 Å². The van der Waals surface area contributed by atoms with E-state index in [9.17, 15) is 4.79 Å². The summed E-state index contributed by atoms with van der Waals surface area (Å²) in [7, 11) is 0. The van der Waals surface area contributed by atoms with E-state index in [0.29, 0.717) is 32.3 Å². The number of hydrogen-bond acceptors (Lipinski definition) is 4. The fourth-order valence-electron chi connectivity index (χ4n) is 2.31. The van der Waals surface area contributed by atoms with Gasteiger partial charge >= 0.3 is 0 Å². The second-order valence-corrected chi connectivity index (χ2v) is 4.75. The Labute approximate surface area is 122 Å². The molecule has 5 nitrogen and oxygen atoms in total. The van der Waals surface area contributed by atoms with Crippen molar-refractivity contribution in [2.45, 2.75) is 45.3 Å². The number of hydrogen-bond donors (Lipinski definition) is 2. The molecular weight excluding hydrogens is 268 g/mol. The first-order chi connectivity index (χ1) is 8.69. The van der Waals surface area contributed by atoms with Gasteiger partial charge in [-0.3, -0.25) is 4.79 Å². The number of rotatable bonds is 8. The molecule has 0 heterocycles. The highest BCUT2D eigenvalue weighted by atomic mass is 35.5. The summed E-state index contributed by atoms with van der Waals surface area (Å²) in [6, 6.07) is 0.223. The summed E-state index contributed by atoms with van der Waals surface area (Å²) in [6.45, 7) is 6.00. The molecule has 1 rings (SSSR count). The molecule has 0 radical (unpaired) electrons. The quantitative estimate of drug-likeness (QED) is 0.657. The number of halogens is 1. The first-order valence-corrected chi connectivity index (χ1v) is 6.88. The maximum absolute atomic E-state index is 11.9. The Kier molecular flexibility index (Phi) is 10.2. The van der Waals surface area contributed by atoms with E-state index in [-0.39, 0.29) is 24.4 Å². The van der Waals surface area contributed by atoms with Crippen molar-refractivity contribution < 1.29 is 14.3 Å². The van der Waals surface area contributed by atoms with E-state index in [1.807, 2.05) is 6.92 Å². The Morgan fingerprint density at radius 2 is 2.16 bits per heavy atom. The number of ether oxygens (including phenoxy) is 2. The van der Waals surface area contributed by atoms with Crippen molar-refractivity contribution in [3.8, 4) is 0 Å². The number of nitrogens with one attached hydrogen (secondary N) is 1. The molecule has 1 amide bonds. The van der Waals surface area contributed by atoms with Gasteiger partial charge in [0, 0.05) is 12.6 Å². The number of amides is 1. The molecule has 0 aliphatic heterocycles. The maximum Gasteiger partial charge on any atom is 0.249 e. The van der Waals surface area contributed by atoms with E-state index in [2.05, 4.69) is 5.32 Å². The first-order valence-electron chi connectivity index (χ1n) is 6.88. The molecule has 3 N–H and O–H groups in total. The van der Waals surface area contributed by atoms with Gasteiger partial charge in [0.05, 0.1) is 13.2 Å². The summed E-state index contributed by atoms with van der Waals surface area (Å²) in [5.74, 6) is 0.376. The first kappa shape index (κ1) is 18.6. The van der Waals surface area contributed by atoms with E-state index in [4.69, 9.17) is 15.2 Å². The van der Waals surface area contributed by atoms with Crippen LogP contribution in [0, 0.1) is 5.92 Å². The van der Waals surface area contributed by atoms with Crippen LogP contribution in [0.1, 0.15) is 33.1 Å². The van der Waals surface area contributed by atoms with Gasteiger partial charge in [0.2, 0.25) is 5.91 Å². The Bertz CT molecular complexity index is 254. The third-order valence-corrected chi connectivity index (χ3v) is 3.46. The Balaban J connectivity index is 0.00000324. The average Bonchev–Trinajstić information content (AvgIpc) is 2.81. The minimum atomic E-state index is -0.426. The highest BCUT2D eigenvalue weighted by molar-refractivity contribution is 5.85. The Morgan fingerprint density at radius 3 is 2.79 bits per heavy atom. The Hall–Kier alpha value is -0.360. The van der Waals surface area contributed by atoms with E-state index in [1.165, 1.54) is 0 Å². The molecule has 19 heavy (non-hydrogen) atoms. The predicted molar refractivity (Wildman–Crippen MR) is 77.5 cm³/mol. The summed E-state index contributed by atoms with van der Waals surface area (Å²) >= 11 is 0. The largest absolute Gasteiger partial charge is 0.379 e. The zero-order chi connectivity index (χ0) is 13.4. The van der Waals surface area contributed by atoms with Gasteiger partial charge in [0.25, 0.3) is 0 Å². The summed E-state index contributed by atoms with van der Waals surface area (Å²) < 4.78 is 10.6. The van der Waals surface area contributed by atoms with Gasteiger partial charge in [0.15, 0.2) is 0 Å². The van der Waals surface area contributed by atoms with Gasteiger partial charge in [-0.2, -0.15) is 0 Å². The highest BCUT2D eigenvalue weighted by Crippen LogP contribution is 2.24. The van der Waals surface area contributed by atoms with Crippen LogP contribution in [-0.2, 0) is 14.3 Å². The molecule has 1 aliphatic rings. The highest BCUT2D eigenvalue weighted by Gasteiger charge is 2.28. The monoisotopic (exact) mass is 294 g/mol. The van der Waals surface area contributed by atoms with Crippen molar-refractivity contribution in [2.24, 2.45) is 11.7 Å². The zero-order valence-electron chi connectivity index (χ0n) is 11.9. The van der Waals surface area contributed by atoms with Gasteiger partial charge in [-0.1, -0.05) is 6.42 Å². The van der Waals surface area contributed by atoms with Crippen LogP contribution >= 0.6 is 12.4 Å². The number of nitrogens with two attached hydrogens (primary N) is 1. The van der Waals surface area contributed by atoms with Crippen LogP contribution < -0.4 is 11.1 Å². The van der Waals surface area contributed by atoms with Crippen LogP contribution in [0.15, 0.2) is 0 Å². The van der Waals surface area contributed by atoms with Crippen molar-refractivity contribution in [3.05, 3.63) is 0 Å². The molecular formula is C13H27ClN2O3. The molecule has 3 unspecified atom stereocenters. The minimum Gasteiger partial charge on any atom is -0.379 e. The van der Waals surface area contributed by atoms with Gasteiger partial charge in [-0.05, 0) is 39.2 Å². The van der Waals surface area contributed by atoms with Crippen molar-refractivity contribution in [3.63, 3.8) is 0 Å². The van der Waals surface area contributed by atoms with Crippen LogP contribution in [0.3, 0.4) is 0 Å². The standard InChI is InChI=1S/C13H26N2O3.ClH/c1-3-17-7-8-18-10(2)13(16)15-12-6-4-5-11(12)9-14;/h10-12H,3-9,14H2,1-2H3,(H,15,16);1H. The molecule has 0 saturated heterocycles. The molecule has 0 aromatic rings. The second kappa shape index (κ2) is 10.4. The molecule has 6 heteroatoms. The van der Waals surface area contributed by atoms with Gasteiger partial charge < -0.3 is 20.5 Å². The van der Waals surface area contributed by atoms with Gasteiger partial charge in [0.1, 0.15) is 6.10 Å². The summed E-state index contributed by atoms with van der Waals surface area (Å²) in [6.07, 6.45) is 2.86. The lowest BCUT2D eigenvalue weighted by Crippen LogP contribution is -2.44. The lowest BCUT2D eigenvalue weighted by Gasteiger charge is -2.22. The predicted octanol–water partition coefficient (Wildman–Crippen LogP) is 1.09. The maximum atomic E-state index is 11.9. The fourth-order valence-corrected chi connectivity index (χ4v) is 2.31. The SMILES string of the molecule is CCOCCOC(C)C(=O)NC1CCCC1CN.Cl. The zero-order valence-corrected chi connectivity index (χ0v) is 12.7. The molecule has 114 valence electrons. The van der Waals surface area contributed by atoms with Gasteiger partial charge in [-0.15, -0.1) is 12.4 Å². The second-order valence-electron chi connectivity index (χ2n) is 4.75. The van der Waals surface area contributed by atoms with Crippen LogP contribution in [0.4, 0.5) is 0 Å². The summed E-state index contributed by atoms with van der Waals surface area (Å²) in [5, 5.41) is 3.04. The van der Waals surface area contributed by atoms with E-state index in [1.54, 1.807) is 6.92 Å². The van der Waals surface area contributed by atoms with Crippen LogP contribution in [0.2, 0.25) is 0 Å². The molecule has 0 aromatic heterocycles.